The second kappa shape index (κ2) is 12.4. The van der Waals surface area contributed by atoms with E-state index >= 15 is 0 Å². The van der Waals surface area contributed by atoms with Crippen LogP contribution in [-0.4, -0.2) is 29.0 Å². The van der Waals surface area contributed by atoms with Gasteiger partial charge in [0.05, 0.1) is 0 Å². The molecule has 0 unspecified atom stereocenters. The molecule has 196 valence electrons. The van der Waals surface area contributed by atoms with Gasteiger partial charge >= 0.3 is 241 Å². The van der Waals surface area contributed by atoms with Crippen molar-refractivity contribution in [2.24, 2.45) is 0 Å². The van der Waals surface area contributed by atoms with Crippen molar-refractivity contribution in [3.63, 3.8) is 0 Å². The van der Waals surface area contributed by atoms with Gasteiger partial charge in [0.2, 0.25) is 0 Å². The van der Waals surface area contributed by atoms with Crippen molar-refractivity contribution in [2.45, 2.75) is 67.3 Å². The van der Waals surface area contributed by atoms with Crippen LogP contribution in [0.1, 0.15) is 59.1 Å². The molecular weight excluding hydrogens is 582 g/mol. The van der Waals surface area contributed by atoms with E-state index in [2.05, 4.69) is 163 Å². The topological polar surface area (TPSA) is 9.23 Å². The van der Waals surface area contributed by atoms with Crippen molar-refractivity contribution in [2.75, 3.05) is 0 Å². The molecule has 0 aliphatic heterocycles. The molecule has 0 fully saturated rings. The van der Waals surface area contributed by atoms with Gasteiger partial charge in [-0.3, -0.25) is 0 Å². The van der Waals surface area contributed by atoms with E-state index in [0.29, 0.717) is 8.49 Å². The fourth-order valence-electron chi connectivity index (χ4n) is 5.85. The molecular formula is C35H42Ge2O. The fourth-order valence-corrected chi connectivity index (χ4v) is 19.7. The molecule has 1 nitrogen and oxygen atoms in total. The van der Waals surface area contributed by atoms with Crippen molar-refractivity contribution in [3.8, 4) is 0 Å². The van der Waals surface area contributed by atoms with Crippen LogP contribution in [0.15, 0.2) is 121 Å². The Hall–Kier alpha value is -2.07. The molecule has 0 amide bonds. The second-order valence-electron chi connectivity index (χ2n) is 12.2. The van der Waals surface area contributed by atoms with Gasteiger partial charge in [0.25, 0.3) is 0 Å². The SMILES string of the molecule is C[C](C)(C)[Ge]([CH2]CC([O][Ge]([c]1ccccc1)[c]1ccccc1)(c1ccccc1)c1ccccc1)[C](C)(C)C. The molecule has 0 heterocycles. The first-order valence-electron chi connectivity index (χ1n) is 13.8. The van der Waals surface area contributed by atoms with E-state index in [1.165, 1.54) is 25.2 Å². The molecule has 0 saturated heterocycles. The third-order valence-electron chi connectivity index (χ3n) is 7.37. The Morgan fingerprint density at radius 2 is 0.842 bits per heavy atom. The Morgan fingerprint density at radius 1 is 0.500 bits per heavy atom. The Balaban J connectivity index is 1.90. The number of rotatable bonds is 9. The summed E-state index contributed by atoms with van der Waals surface area (Å²) in [5.41, 5.74) is 2.03. The first-order chi connectivity index (χ1) is 18.1. The van der Waals surface area contributed by atoms with Gasteiger partial charge in [0, 0.05) is 0 Å². The molecule has 0 atom stereocenters. The van der Waals surface area contributed by atoms with Crippen LogP contribution >= 0.6 is 0 Å². The maximum absolute atomic E-state index is 7.75. The Kier molecular flexibility index (Phi) is 9.44. The average Bonchev–Trinajstić information content (AvgIpc) is 2.91. The summed E-state index contributed by atoms with van der Waals surface area (Å²) in [6.07, 6.45) is 1.00. The van der Waals surface area contributed by atoms with Crippen LogP contribution in [0.3, 0.4) is 0 Å². The first-order valence-corrected chi connectivity index (χ1v) is 20.3. The molecule has 0 aliphatic carbocycles. The third-order valence-corrected chi connectivity index (χ3v) is 21.3. The van der Waals surface area contributed by atoms with Crippen molar-refractivity contribution < 1.29 is 3.76 Å². The van der Waals surface area contributed by atoms with Gasteiger partial charge in [-0.05, 0) is 0 Å². The standard InChI is InChI=1S/C35H42Ge2O/c1-33(2,3)36(34(4,5)6)28-27-35(29-19-11-7-12-20-29,30-21-13-8-14-22-30)38-37(31-23-15-9-16-24-31)32-25-17-10-18-26-32/h7-26H,27-28H2,1-6H3. The van der Waals surface area contributed by atoms with E-state index in [1.54, 1.807) is 0 Å². The number of hydrogen-bond acceptors (Lipinski definition) is 1. The summed E-state index contributed by atoms with van der Waals surface area (Å²) in [6.45, 7) is 14.8. The molecule has 0 aliphatic rings. The van der Waals surface area contributed by atoms with Crippen LogP contribution in [0.25, 0.3) is 0 Å². The van der Waals surface area contributed by atoms with Crippen LogP contribution < -0.4 is 8.79 Å². The second-order valence-corrected chi connectivity index (χ2v) is 25.8. The maximum atomic E-state index is 7.75. The van der Waals surface area contributed by atoms with Gasteiger partial charge in [0.1, 0.15) is 0 Å². The molecule has 4 aromatic rings. The van der Waals surface area contributed by atoms with Crippen LogP contribution in [-0.2, 0) is 9.36 Å². The van der Waals surface area contributed by atoms with E-state index < -0.39 is 34.6 Å². The zero-order chi connectivity index (χ0) is 27.2. The van der Waals surface area contributed by atoms with Crippen LogP contribution in [0.4, 0.5) is 0 Å². The quantitative estimate of drug-likeness (QED) is 0.171. The molecule has 38 heavy (non-hydrogen) atoms. The zero-order valence-electron chi connectivity index (χ0n) is 23.9. The summed E-state index contributed by atoms with van der Waals surface area (Å²) in [7, 11) is 0. The predicted octanol–water partition coefficient (Wildman–Crippen LogP) is 8.24. The molecule has 0 N–H and O–H groups in total. The van der Waals surface area contributed by atoms with E-state index in [9.17, 15) is 0 Å². The molecule has 2 radical (unpaired) electrons. The monoisotopic (exact) mass is 626 g/mol. The Morgan fingerprint density at radius 3 is 1.18 bits per heavy atom. The van der Waals surface area contributed by atoms with E-state index in [-0.39, 0.29) is 0 Å². The molecule has 4 rings (SSSR count). The zero-order valence-corrected chi connectivity index (χ0v) is 28.1. The molecule has 4 aromatic carbocycles. The molecule has 0 aromatic heterocycles. The Bertz CT molecular complexity index is 1150. The van der Waals surface area contributed by atoms with Gasteiger partial charge in [0.15, 0.2) is 0 Å². The van der Waals surface area contributed by atoms with Crippen LogP contribution in [0.5, 0.6) is 0 Å². The summed E-state index contributed by atoms with van der Waals surface area (Å²) in [6, 6.07) is 44.0. The van der Waals surface area contributed by atoms with Gasteiger partial charge in [-0.15, -0.1) is 0 Å². The van der Waals surface area contributed by atoms with Gasteiger partial charge < -0.3 is 0 Å². The minimum atomic E-state index is -2.41. The van der Waals surface area contributed by atoms with E-state index in [1.807, 2.05) is 0 Å². The summed E-state index contributed by atoms with van der Waals surface area (Å²) in [5, 5.41) is 1.24. The summed E-state index contributed by atoms with van der Waals surface area (Å²) < 4.78 is 11.2. The third kappa shape index (κ3) is 6.92. The molecule has 0 saturated carbocycles. The van der Waals surface area contributed by atoms with Crippen LogP contribution in [0.2, 0.25) is 13.7 Å². The molecule has 0 bridgehead atoms. The van der Waals surface area contributed by atoms with Gasteiger partial charge in [-0.25, -0.2) is 0 Å². The van der Waals surface area contributed by atoms with Crippen molar-refractivity contribution in [1.82, 2.24) is 0 Å². The first kappa shape index (κ1) is 28.9. The summed E-state index contributed by atoms with van der Waals surface area (Å²) in [4.78, 5) is 0. The van der Waals surface area contributed by atoms with Crippen LogP contribution in [0, 0.1) is 0 Å². The number of hydrogen-bond donors (Lipinski definition) is 0. The predicted molar refractivity (Wildman–Crippen MR) is 167 cm³/mol. The Labute approximate surface area is 240 Å². The molecule has 3 heteroatoms. The normalized spacial score (nSPS) is 12.7. The van der Waals surface area contributed by atoms with Gasteiger partial charge in [-0.1, -0.05) is 0 Å². The van der Waals surface area contributed by atoms with Crippen molar-refractivity contribution in [3.05, 3.63) is 132 Å². The number of benzene rings is 4. The van der Waals surface area contributed by atoms with E-state index in [4.69, 9.17) is 3.76 Å². The minimum absolute atomic E-state index is 0.356. The molecule has 0 spiro atoms. The average molecular weight is 624 g/mol. The van der Waals surface area contributed by atoms with Crippen molar-refractivity contribution in [1.29, 1.82) is 0 Å². The summed E-state index contributed by atoms with van der Waals surface area (Å²) >= 11 is -3.97. The van der Waals surface area contributed by atoms with Gasteiger partial charge in [-0.2, -0.15) is 0 Å². The fraction of sp³-hybridized carbons (Fsp3) is 0.314. The summed E-state index contributed by atoms with van der Waals surface area (Å²) in [5.74, 6) is 0. The van der Waals surface area contributed by atoms with E-state index in [0.717, 1.165) is 6.42 Å². The van der Waals surface area contributed by atoms with Crippen molar-refractivity contribution >= 4 is 37.8 Å².